The van der Waals surface area contributed by atoms with Crippen molar-refractivity contribution in [3.63, 3.8) is 0 Å². The van der Waals surface area contributed by atoms with Gasteiger partial charge in [0.15, 0.2) is 8.68 Å². The number of halogens is 1. The Morgan fingerprint density at radius 2 is 1.86 bits per heavy atom. The van der Waals surface area contributed by atoms with Crippen molar-refractivity contribution >= 4 is 62.4 Å². The number of thioether (sulfide) groups is 2. The summed E-state index contributed by atoms with van der Waals surface area (Å²) in [5.41, 5.74) is 3.03. The summed E-state index contributed by atoms with van der Waals surface area (Å²) in [7, 11) is 1.66. The number of methoxy groups -OCH3 is 1. The zero-order valence-corrected chi connectivity index (χ0v) is 19.3. The topological polar surface area (TPSA) is 64.1 Å². The van der Waals surface area contributed by atoms with Crippen LogP contribution in [0.25, 0.3) is 0 Å². The highest BCUT2D eigenvalue weighted by atomic mass is 79.9. The Bertz CT molecular complexity index is 948. The van der Waals surface area contributed by atoms with Gasteiger partial charge in [-0.05, 0) is 48.4 Å². The molecule has 0 bridgehead atoms. The fraction of sp³-hybridized carbons (Fsp3) is 0.211. The number of hydrogen-bond donors (Lipinski definition) is 1. The first-order valence-electron chi connectivity index (χ1n) is 8.31. The third-order valence-corrected chi connectivity index (χ3v) is 7.45. The van der Waals surface area contributed by atoms with Crippen LogP contribution in [0.15, 0.2) is 55.6 Å². The van der Waals surface area contributed by atoms with Crippen LogP contribution in [-0.2, 0) is 10.5 Å². The van der Waals surface area contributed by atoms with Gasteiger partial charge in [0.1, 0.15) is 5.75 Å². The molecule has 5 nitrogen and oxygen atoms in total. The highest BCUT2D eigenvalue weighted by Crippen LogP contribution is 2.31. The monoisotopic (exact) mass is 495 g/mol. The van der Waals surface area contributed by atoms with E-state index in [2.05, 4.69) is 31.4 Å². The predicted octanol–water partition coefficient (Wildman–Crippen LogP) is 5.64. The molecule has 28 heavy (non-hydrogen) atoms. The Kier molecular flexibility index (Phi) is 7.78. The van der Waals surface area contributed by atoms with Gasteiger partial charge in [0.2, 0.25) is 5.91 Å². The number of aryl methyl sites for hydroxylation is 1. The predicted molar refractivity (Wildman–Crippen MR) is 121 cm³/mol. The van der Waals surface area contributed by atoms with E-state index >= 15 is 0 Å². The van der Waals surface area contributed by atoms with Gasteiger partial charge in [-0.25, -0.2) is 0 Å². The van der Waals surface area contributed by atoms with Crippen LogP contribution in [0.1, 0.15) is 11.1 Å². The Labute approximate surface area is 184 Å². The minimum atomic E-state index is -0.0574. The summed E-state index contributed by atoms with van der Waals surface area (Å²) in [5, 5.41) is 11.3. The van der Waals surface area contributed by atoms with Crippen molar-refractivity contribution < 1.29 is 9.53 Å². The molecule has 0 aliphatic rings. The maximum atomic E-state index is 12.2. The van der Waals surface area contributed by atoms with Crippen LogP contribution in [0.5, 0.6) is 5.75 Å². The number of nitrogens with zero attached hydrogens (tertiary/aromatic N) is 2. The van der Waals surface area contributed by atoms with Gasteiger partial charge in [-0.1, -0.05) is 62.9 Å². The Balaban J connectivity index is 1.46. The molecule has 3 rings (SSSR count). The van der Waals surface area contributed by atoms with Gasteiger partial charge in [0.25, 0.3) is 0 Å². The van der Waals surface area contributed by atoms with E-state index in [1.165, 1.54) is 28.7 Å². The molecule has 0 saturated carbocycles. The molecule has 1 heterocycles. The van der Waals surface area contributed by atoms with Gasteiger partial charge in [-0.2, -0.15) is 0 Å². The average molecular weight is 496 g/mol. The maximum absolute atomic E-state index is 12.2. The van der Waals surface area contributed by atoms with Crippen molar-refractivity contribution in [1.29, 1.82) is 0 Å². The van der Waals surface area contributed by atoms with E-state index in [9.17, 15) is 4.79 Å². The second kappa shape index (κ2) is 10.3. The van der Waals surface area contributed by atoms with Crippen molar-refractivity contribution in [1.82, 2.24) is 10.2 Å². The van der Waals surface area contributed by atoms with E-state index in [0.29, 0.717) is 5.75 Å². The lowest BCUT2D eigenvalue weighted by atomic mass is 10.2. The van der Waals surface area contributed by atoms with E-state index < -0.39 is 0 Å². The molecule has 0 saturated heterocycles. The molecule has 1 amide bonds. The lowest BCUT2D eigenvalue weighted by Gasteiger charge is -2.07. The number of ether oxygens (including phenoxy) is 1. The second-order valence-electron chi connectivity index (χ2n) is 5.77. The Morgan fingerprint density at radius 1 is 1.14 bits per heavy atom. The molecule has 0 unspecified atom stereocenters. The van der Waals surface area contributed by atoms with Crippen LogP contribution in [-0.4, -0.2) is 29.0 Å². The summed E-state index contributed by atoms with van der Waals surface area (Å²) < 4.78 is 7.84. The molecule has 0 radical (unpaired) electrons. The van der Waals surface area contributed by atoms with Crippen molar-refractivity contribution in [2.45, 2.75) is 21.4 Å². The van der Waals surface area contributed by atoms with Gasteiger partial charge < -0.3 is 10.1 Å². The van der Waals surface area contributed by atoms with Gasteiger partial charge in [0.05, 0.1) is 12.9 Å². The molecule has 146 valence electrons. The lowest BCUT2D eigenvalue weighted by Crippen LogP contribution is -2.14. The van der Waals surface area contributed by atoms with Gasteiger partial charge in [-0.3, -0.25) is 4.79 Å². The first kappa shape index (κ1) is 21.2. The standard InChI is InChI=1S/C19H18BrN3O2S3/c1-12-9-14(20)5-8-16(12)21-17(24)11-27-19-23-22-18(28-19)26-10-13-3-6-15(25-2)7-4-13/h3-9H,10-11H2,1-2H3,(H,21,24). The number of carbonyl (C=O) groups excluding carboxylic acids is 1. The fourth-order valence-electron chi connectivity index (χ4n) is 2.26. The normalized spacial score (nSPS) is 10.7. The number of amides is 1. The van der Waals surface area contributed by atoms with Crippen molar-refractivity contribution in [2.24, 2.45) is 0 Å². The maximum Gasteiger partial charge on any atom is 0.234 e. The zero-order valence-electron chi connectivity index (χ0n) is 15.3. The molecule has 3 aromatic rings. The molecule has 1 aromatic heterocycles. The molecule has 0 aliphatic carbocycles. The van der Waals surface area contributed by atoms with Crippen LogP contribution in [0.4, 0.5) is 5.69 Å². The third-order valence-electron chi connectivity index (χ3n) is 3.70. The van der Waals surface area contributed by atoms with E-state index in [4.69, 9.17) is 4.74 Å². The van der Waals surface area contributed by atoms with Crippen molar-refractivity contribution in [3.05, 3.63) is 58.1 Å². The van der Waals surface area contributed by atoms with Crippen LogP contribution in [0, 0.1) is 6.92 Å². The molecule has 0 aliphatic heterocycles. The molecule has 0 atom stereocenters. The van der Waals surface area contributed by atoms with Crippen LogP contribution in [0.3, 0.4) is 0 Å². The lowest BCUT2D eigenvalue weighted by molar-refractivity contribution is -0.113. The number of nitrogens with one attached hydrogen (secondary N) is 1. The molecular formula is C19H18BrN3O2S3. The number of benzene rings is 2. The highest BCUT2D eigenvalue weighted by Gasteiger charge is 2.10. The summed E-state index contributed by atoms with van der Waals surface area (Å²) in [6.07, 6.45) is 0. The third kappa shape index (κ3) is 6.23. The van der Waals surface area contributed by atoms with Crippen LogP contribution < -0.4 is 10.1 Å². The minimum absolute atomic E-state index is 0.0574. The van der Waals surface area contributed by atoms with Crippen molar-refractivity contribution in [2.75, 3.05) is 18.2 Å². The number of aromatic nitrogens is 2. The molecule has 1 N–H and O–H groups in total. The zero-order chi connectivity index (χ0) is 19.9. The number of carbonyl (C=O) groups is 1. The van der Waals surface area contributed by atoms with E-state index in [0.717, 1.165) is 35.9 Å². The van der Waals surface area contributed by atoms with E-state index in [1.54, 1.807) is 18.9 Å². The van der Waals surface area contributed by atoms with Gasteiger partial charge in [0, 0.05) is 15.9 Å². The number of rotatable bonds is 8. The number of anilines is 1. The summed E-state index contributed by atoms with van der Waals surface area (Å²) >= 11 is 7.96. The Hall–Kier alpha value is -1.55. The fourth-order valence-corrected chi connectivity index (χ4v) is 5.51. The Morgan fingerprint density at radius 3 is 2.54 bits per heavy atom. The van der Waals surface area contributed by atoms with E-state index in [-0.39, 0.29) is 5.91 Å². The summed E-state index contributed by atoms with van der Waals surface area (Å²) in [5.74, 6) is 1.90. The average Bonchev–Trinajstić information content (AvgIpc) is 3.15. The van der Waals surface area contributed by atoms with Crippen LogP contribution >= 0.6 is 50.8 Å². The highest BCUT2D eigenvalue weighted by molar-refractivity contribution is 9.10. The number of hydrogen-bond acceptors (Lipinski definition) is 7. The van der Waals surface area contributed by atoms with E-state index in [1.807, 2.05) is 49.4 Å². The first-order chi connectivity index (χ1) is 13.5. The molecule has 0 spiro atoms. The molecule has 2 aromatic carbocycles. The largest absolute Gasteiger partial charge is 0.497 e. The smallest absolute Gasteiger partial charge is 0.234 e. The molecule has 9 heteroatoms. The van der Waals surface area contributed by atoms with Gasteiger partial charge in [-0.15, -0.1) is 10.2 Å². The SMILES string of the molecule is COc1ccc(CSc2nnc(SCC(=O)Nc3ccc(Br)cc3C)s2)cc1. The quantitative estimate of drug-likeness (QED) is 0.407. The second-order valence-corrected chi connectivity index (χ2v) is 10.1. The first-order valence-corrected chi connectivity index (χ1v) is 11.9. The summed E-state index contributed by atoms with van der Waals surface area (Å²) in [6, 6.07) is 13.7. The van der Waals surface area contributed by atoms with Gasteiger partial charge >= 0.3 is 0 Å². The van der Waals surface area contributed by atoms with Crippen molar-refractivity contribution in [3.8, 4) is 5.75 Å². The minimum Gasteiger partial charge on any atom is -0.497 e. The summed E-state index contributed by atoms with van der Waals surface area (Å²) in [6.45, 7) is 1.96. The van der Waals surface area contributed by atoms with Crippen LogP contribution in [0.2, 0.25) is 0 Å². The molecule has 0 fully saturated rings. The summed E-state index contributed by atoms with van der Waals surface area (Å²) in [4.78, 5) is 12.2. The molecular weight excluding hydrogens is 478 g/mol.